The second-order valence-corrected chi connectivity index (χ2v) is 7.39. The predicted octanol–water partition coefficient (Wildman–Crippen LogP) is 5.38. The van der Waals surface area contributed by atoms with Gasteiger partial charge in [0.25, 0.3) is 0 Å². The molecule has 116 valence electrons. The molecule has 0 spiro atoms. The number of thioether (sulfide) groups is 2. The number of halogens is 2. The van der Waals surface area contributed by atoms with Crippen molar-refractivity contribution in [1.82, 2.24) is 0 Å². The molecule has 2 aromatic rings. The molecule has 0 unspecified atom stereocenters. The molecule has 1 aliphatic heterocycles. The number of rotatable bonds is 3. The first-order chi connectivity index (χ1) is 11.1. The maximum atomic E-state index is 13.2. The van der Waals surface area contributed by atoms with Gasteiger partial charge in [0.1, 0.15) is 15.9 Å². The summed E-state index contributed by atoms with van der Waals surface area (Å²) in [6.07, 6.45) is 1.61. The minimum Gasteiger partial charge on any atom is -0.279 e. The minimum absolute atomic E-state index is 0.118. The molecule has 0 atom stereocenters. The van der Waals surface area contributed by atoms with Crippen LogP contribution in [0.15, 0.2) is 59.2 Å². The van der Waals surface area contributed by atoms with Crippen molar-refractivity contribution >= 4 is 50.7 Å². The van der Waals surface area contributed by atoms with Gasteiger partial charge >= 0.3 is 0 Å². The number of nitrogens with zero attached hydrogens (tertiary/aromatic N) is 1. The molecule has 0 saturated carbocycles. The first-order valence-corrected chi connectivity index (χ1v) is 8.93. The van der Waals surface area contributed by atoms with E-state index in [9.17, 15) is 9.18 Å². The lowest BCUT2D eigenvalue weighted by Crippen LogP contribution is -1.88. The lowest BCUT2D eigenvalue weighted by atomic mass is 10.2. The molecule has 0 N–H and O–H groups in total. The summed E-state index contributed by atoms with van der Waals surface area (Å²) in [5.74, 6) is 0.377. The third-order valence-corrected chi connectivity index (χ3v) is 5.36. The minimum atomic E-state index is -0.334. The van der Waals surface area contributed by atoms with E-state index in [4.69, 9.17) is 11.6 Å². The Labute approximate surface area is 146 Å². The first kappa shape index (κ1) is 16.3. The smallest absolute Gasteiger partial charge is 0.244 e. The number of hydrogen-bond donors (Lipinski definition) is 0. The summed E-state index contributed by atoms with van der Waals surface area (Å²) in [6.45, 7) is 0. The molecule has 0 saturated heterocycles. The van der Waals surface area contributed by atoms with Crippen LogP contribution in [0.4, 0.5) is 4.39 Å². The zero-order valence-electron chi connectivity index (χ0n) is 11.8. The fourth-order valence-electron chi connectivity index (χ4n) is 1.93. The highest BCUT2D eigenvalue weighted by Gasteiger charge is 2.22. The zero-order chi connectivity index (χ0) is 16.2. The Morgan fingerprint density at radius 1 is 1.22 bits per heavy atom. The van der Waals surface area contributed by atoms with Crippen molar-refractivity contribution in [3.8, 4) is 0 Å². The van der Waals surface area contributed by atoms with Crippen LogP contribution in [0.5, 0.6) is 0 Å². The quantitative estimate of drug-likeness (QED) is 0.685. The molecule has 1 heterocycles. The lowest BCUT2D eigenvalue weighted by molar-refractivity contribution is -0.107. The molecular formula is C17H11ClFNOS2. The first-order valence-electron chi connectivity index (χ1n) is 6.75. The highest BCUT2D eigenvalue weighted by molar-refractivity contribution is 8.45. The largest absolute Gasteiger partial charge is 0.279 e. The van der Waals surface area contributed by atoms with Crippen LogP contribution in [-0.2, 0) is 10.5 Å². The van der Waals surface area contributed by atoms with Crippen molar-refractivity contribution in [2.45, 2.75) is 5.75 Å². The fourth-order valence-corrected chi connectivity index (χ4v) is 3.85. The summed E-state index contributed by atoms with van der Waals surface area (Å²) in [7, 11) is 0. The fraction of sp³-hybridized carbons (Fsp3) is 0.0588. The van der Waals surface area contributed by atoms with E-state index in [2.05, 4.69) is 4.99 Å². The van der Waals surface area contributed by atoms with Crippen LogP contribution in [0.1, 0.15) is 11.1 Å². The number of benzene rings is 2. The average Bonchev–Trinajstić information content (AvgIpc) is 2.87. The van der Waals surface area contributed by atoms with Crippen molar-refractivity contribution in [2.24, 2.45) is 4.99 Å². The Kier molecular flexibility index (Phi) is 5.20. The standard InChI is InChI=1S/C17H11ClFNOS2/c18-13-6-4-11(5-7-13)10-22-17-20-15(16(21)23-17)9-12-2-1-3-14(19)8-12/h1-9H,10H2/b15-9+. The average molecular weight is 364 g/mol. The maximum Gasteiger partial charge on any atom is 0.244 e. The van der Waals surface area contributed by atoms with E-state index in [0.717, 1.165) is 17.3 Å². The Bertz CT molecular complexity index is 802. The van der Waals surface area contributed by atoms with Crippen molar-refractivity contribution in [3.05, 3.63) is 76.2 Å². The Hall–Kier alpha value is -1.56. The van der Waals surface area contributed by atoms with Gasteiger partial charge in [-0.2, -0.15) is 0 Å². The molecule has 0 aliphatic carbocycles. The van der Waals surface area contributed by atoms with Crippen LogP contribution >= 0.6 is 35.1 Å². The Morgan fingerprint density at radius 3 is 2.74 bits per heavy atom. The van der Waals surface area contributed by atoms with Gasteiger partial charge in [0.2, 0.25) is 5.12 Å². The number of hydrogen-bond acceptors (Lipinski definition) is 4. The van der Waals surface area contributed by atoms with Crippen LogP contribution in [-0.4, -0.2) is 9.49 Å². The van der Waals surface area contributed by atoms with E-state index < -0.39 is 0 Å². The molecule has 0 radical (unpaired) electrons. The van der Waals surface area contributed by atoms with Crippen LogP contribution in [0.25, 0.3) is 6.08 Å². The number of carbonyl (C=O) groups is 1. The highest BCUT2D eigenvalue weighted by Crippen LogP contribution is 2.32. The molecule has 0 aromatic heterocycles. The van der Waals surface area contributed by atoms with Crippen molar-refractivity contribution < 1.29 is 9.18 Å². The van der Waals surface area contributed by atoms with Crippen molar-refractivity contribution in [2.75, 3.05) is 0 Å². The van der Waals surface area contributed by atoms with Gasteiger partial charge in [-0.15, -0.1) is 0 Å². The molecule has 0 bridgehead atoms. The summed E-state index contributed by atoms with van der Waals surface area (Å²) in [5.41, 5.74) is 2.08. The van der Waals surface area contributed by atoms with E-state index in [1.807, 2.05) is 24.3 Å². The summed E-state index contributed by atoms with van der Waals surface area (Å²) >= 11 is 8.46. The SMILES string of the molecule is O=C1SC(SCc2ccc(Cl)cc2)=N/C1=C/c1cccc(F)c1. The van der Waals surface area contributed by atoms with Crippen molar-refractivity contribution in [3.63, 3.8) is 0 Å². The third-order valence-electron chi connectivity index (χ3n) is 3.03. The second kappa shape index (κ2) is 7.34. The lowest BCUT2D eigenvalue weighted by Gasteiger charge is -1.99. The molecule has 0 amide bonds. The molecule has 6 heteroatoms. The van der Waals surface area contributed by atoms with Crippen LogP contribution in [0.3, 0.4) is 0 Å². The zero-order valence-corrected chi connectivity index (χ0v) is 14.2. The normalized spacial score (nSPS) is 16.0. The number of carbonyl (C=O) groups excluding carboxylic acids is 1. The van der Waals surface area contributed by atoms with Crippen LogP contribution < -0.4 is 0 Å². The molecule has 1 aliphatic rings. The van der Waals surface area contributed by atoms with E-state index >= 15 is 0 Å². The van der Waals surface area contributed by atoms with E-state index in [0.29, 0.717) is 26.4 Å². The molecule has 2 nitrogen and oxygen atoms in total. The van der Waals surface area contributed by atoms with Gasteiger partial charge in [-0.25, -0.2) is 9.38 Å². The molecule has 2 aromatic carbocycles. The molecule has 3 rings (SSSR count). The van der Waals surface area contributed by atoms with Crippen molar-refractivity contribution in [1.29, 1.82) is 0 Å². The van der Waals surface area contributed by atoms with Gasteiger partial charge in [0.15, 0.2) is 0 Å². The maximum absolute atomic E-state index is 13.2. The monoisotopic (exact) mass is 363 g/mol. The Balaban J connectivity index is 1.70. The van der Waals surface area contributed by atoms with Gasteiger partial charge in [-0.3, -0.25) is 4.79 Å². The second-order valence-electron chi connectivity index (χ2n) is 4.77. The van der Waals surface area contributed by atoms with E-state index in [1.54, 1.807) is 18.2 Å². The van der Waals surface area contributed by atoms with Gasteiger partial charge in [-0.05, 0) is 53.2 Å². The summed E-state index contributed by atoms with van der Waals surface area (Å²) in [6, 6.07) is 13.6. The van der Waals surface area contributed by atoms with E-state index in [1.165, 1.54) is 23.9 Å². The summed E-state index contributed by atoms with van der Waals surface area (Å²) in [5, 5.41) is 0.578. The Morgan fingerprint density at radius 2 is 2.00 bits per heavy atom. The van der Waals surface area contributed by atoms with Gasteiger partial charge in [-0.1, -0.05) is 47.6 Å². The van der Waals surface area contributed by atoms with Gasteiger partial charge < -0.3 is 0 Å². The van der Waals surface area contributed by atoms with Gasteiger partial charge in [0.05, 0.1) is 0 Å². The molecular weight excluding hydrogens is 353 g/mol. The molecule has 23 heavy (non-hydrogen) atoms. The van der Waals surface area contributed by atoms with E-state index in [-0.39, 0.29) is 10.9 Å². The van der Waals surface area contributed by atoms with Gasteiger partial charge in [0, 0.05) is 10.8 Å². The molecule has 0 fully saturated rings. The number of aliphatic imine (C=N–C) groups is 1. The topological polar surface area (TPSA) is 29.4 Å². The summed E-state index contributed by atoms with van der Waals surface area (Å²) < 4.78 is 13.9. The highest BCUT2D eigenvalue weighted by atomic mass is 35.5. The summed E-state index contributed by atoms with van der Waals surface area (Å²) in [4.78, 5) is 16.3. The predicted molar refractivity (Wildman–Crippen MR) is 97.2 cm³/mol. The third kappa shape index (κ3) is 4.47. The van der Waals surface area contributed by atoms with Crippen LogP contribution in [0, 0.1) is 5.82 Å². The van der Waals surface area contributed by atoms with Crippen LogP contribution in [0.2, 0.25) is 5.02 Å².